The van der Waals surface area contributed by atoms with E-state index in [9.17, 15) is 14.9 Å². The van der Waals surface area contributed by atoms with E-state index in [-0.39, 0.29) is 17.8 Å². The van der Waals surface area contributed by atoms with Crippen LogP contribution in [0.3, 0.4) is 0 Å². The van der Waals surface area contributed by atoms with E-state index in [1.165, 1.54) is 12.1 Å². The Labute approximate surface area is 111 Å². The van der Waals surface area contributed by atoms with E-state index in [4.69, 9.17) is 0 Å². The minimum atomic E-state index is -0.443. The Balaban J connectivity index is 2.11. The molecule has 0 spiro atoms. The lowest BCUT2D eigenvalue weighted by Crippen LogP contribution is -2.37. The minimum absolute atomic E-state index is 0.0324. The first-order chi connectivity index (χ1) is 8.99. The number of nitro benzene ring substituents is 1. The van der Waals surface area contributed by atoms with Crippen molar-refractivity contribution in [3.8, 4) is 0 Å². The van der Waals surface area contributed by atoms with Crippen LogP contribution in [0.1, 0.15) is 25.3 Å². The normalized spacial score (nSPS) is 18.4. The summed E-state index contributed by atoms with van der Waals surface area (Å²) < 4.78 is 0. The third kappa shape index (κ3) is 2.83. The number of carbonyl (C=O) groups is 1. The smallest absolute Gasteiger partial charge is 0.322 e. The summed E-state index contributed by atoms with van der Waals surface area (Å²) in [5.41, 5.74) is 1.34. The SMILES string of the molecule is Cc1cc([N+](=O)[O-])ccc1NC(=O)N1CCC[C@H]1C. The molecule has 1 atom stereocenters. The van der Waals surface area contributed by atoms with Crippen LogP contribution in [0.5, 0.6) is 0 Å². The minimum Gasteiger partial charge on any atom is -0.322 e. The van der Waals surface area contributed by atoms with Gasteiger partial charge in [0, 0.05) is 30.4 Å². The second kappa shape index (κ2) is 5.26. The number of urea groups is 1. The third-order valence-electron chi connectivity index (χ3n) is 3.48. The molecule has 1 fully saturated rings. The number of hydrogen-bond donors (Lipinski definition) is 1. The number of nitro groups is 1. The van der Waals surface area contributed by atoms with Gasteiger partial charge in [0.1, 0.15) is 0 Å². The molecule has 0 bridgehead atoms. The number of nitrogens with zero attached hydrogens (tertiary/aromatic N) is 2. The number of anilines is 1. The van der Waals surface area contributed by atoms with Gasteiger partial charge in [-0.05, 0) is 38.3 Å². The van der Waals surface area contributed by atoms with Crippen molar-refractivity contribution in [1.29, 1.82) is 0 Å². The summed E-state index contributed by atoms with van der Waals surface area (Å²) >= 11 is 0. The molecule has 2 rings (SSSR count). The van der Waals surface area contributed by atoms with Crippen LogP contribution in [0.25, 0.3) is 0 Å². The van der Waals surface area contributed by atoms with Crippen LogP contribution in [0, 0.1) is 17.0 Å². The van der Waals surface area contributed by atoms with Crippen molar-refractivity contribution in [2.45, 2.75) is 32.7 Å². The van der Waals surface area contributed by atoms with E-state index in [0.717, 1.165) is 19.4 Å². The first kappa shape index (κ1) is 13.3. The summed E-state index contributed by atoms with van der Waals surface area (Å²) in [4.78, 5) is 24.1. The zero-order valence-electron chi connectivity index (χ0n) is 11.0. The molecule has 6 heteroatoms. The number of non-ortho nitro benzene ring substituents is 1. The average Bonchev–Trinajstić information content (AvgIpc) is 2.77. The molecule has 19 heavy (non-hydrogen) atoms. The van der Waals surface area contributed by atoms with Gasteiger partial charge >= 0.3 is 6.03 Å². The van der Waals surface area contributed by atoms with E-state index >= 15 is 0 Å². The molecule has 1 aliphatic heterocycles. The van der Waals surface area contributed by atoms with Gasteiger partial charge in [-0.3, -0.25) is 10.1 Å². The molecule has 1 aliphatic rings. The molecular formula is C13H17N3O3. The predicted molar refractivity (Wildman–Crippen MR) is 72.3 cm³/mol. The van der Waals surface area contributed by atoms with Crippen LogP contribution in [-0.4, -0.2) is 28.4 Å². The van der Waals surface area contributed by atoms with Crippen molar-refractivity contribution in [3.63, 3.8) is 0 Å². The third-order valence-corrected chi connectivity index (χ3v) is 3.48. The van der Waals surface area contributed by atoms with E-state index in [1.54, 1.807) is 17.9 Å². The van der Waals surface area contributed by atoms with Gasteiger partial charge in [-0.2, -0.15) is 0 Å². The lowest BCUT2D eigenvalue weighted by Gasteiger charge is -2.22. The molecule has 1 N–H and O–H groups in total. The first-order valence-electron chi connectivity index (χ1n) is 6.31. The fraction of sp³-hybridized carbons (Fsp3) is 0.462. The molecule has 1 aromatic rings. The highest BCUT2D eigenvalue weighted by Gasteiger charge is 2.25. The lowest BCUT2D eigenvalue weighted by atomic mass is 10.2. The molecule has 1 heterocycles. The van der Waals surface area contributed by atoms with Crippen LogP contribution in [0.2, 0.25) is 0 Å². The van der Waals surface area contributed by atoms with Crippen molar-refractivity contribution < 1.29 is 9.72 Å². The molecule has 0 unspecified atom stereocenters. The molecule has 0 aromatic heterocycles. The molecule has 102 valence electrons. The predicted octanol–water partition coefficient (Wildman–Crippen LogP) is 2.92. The highest BCUT2D eigenvalue weighted by molar-refractivity contribution is 5.90. The second-order valence-corrected chi connectivity index (χ2v) is 4.87. The number of nitrogens with one attached hydrogen (secondary N) is 1. The molecule has 2 amide bonds. The summed E-state index contributed by atoms with van der Waals surface area (Å²) in [6.07, 6.45) is 2.04. The average molecular weight is 263 g/mol. The number of aryl methyl sites for hydroxylation is 1. The second-order valence-electron chi connectivity index (χ2n) is 4.87. The van der Waals surface area contributed by atoms with Crippen molar-refractivity contribution in [2.24, 2.45) is 0 Å². The van der Waals surface area contributed by atoms with Gasteiger partial charge in [0.25, 0.3) is 5.69 Å². The quantitative estimate of drug-likeness (QED) is 0.658. The van der Waals surface area contributed by atoms with Crippen molar-refractivity contribution >= 4 is 17.4 Å². The van der Waals surface area contributed by atoms with Crippen LogP contribution >= 0.6 is 0 Å². The summed E-state index contributed by atoms with van der Waals surface area (Å²) in [6.45, 7) is 4.53. The maximum absolute atomic E-state index is 12.1. The van der Waals surface area contributed by atoms with Gasteiger partial charge < -0.3 is 10.2 Å². The Hall–Kier alpha value is -2.11. The fourth-order valence-electron chi connectivity index (χ4n) is 2.32. The molecule has 6 nitrogen and oxygen atoms in total. The highest BCUT2D eigenvalue weighted by atomic mass is 16.6. The standard InChI is InChI=1S/C13H17N3O3/c1-9-8-11(16(18)19)5-6-12(9)14-13(17)15-7-3-4-10(15)2/h5-6,8,10H,3-4,7H2,1-2H3,(H,14,17)/t10-/m1/s1. The number of rotatable bonds is 2. The summed E-state index contributed by atoms with van der Waals surface area (Å²) in [5.74, 6) is 0. The van der Waals surface area contributed by atoms with E-state index in [1.807, 2.05) is 6.92 Å². The van der Waals surface area contributed by atoms with Crippen LogP contribution in [0.15, 0.2) is 18.2 Å². The maximum atomic E-state index is 12.1. The molecule has 0 radical (unpaired) electrons. The number of hydrogen-bond acceptors (Lipinski definition) is 3. The number of amides is 2. The van der Waals surface area contributed by atoms with E-state index in [0.29, 0.717) is 11.3 Å². The van der Waals surface area contributed by atoms with Crippen LogP contribution in [-0.2, 0) is 0 Å². The summed E-state index contributed by atoms with van der Waals surface area (Å²) in [7, 11) is 0. The molecule has 1 saturated heterocycles. The molecular weight excluding hydrogens is 246 g/mol. The van der Waals surface area contributed by atoms with Gasteiger partial charge in [0.15, 0.2) is 0 Å². The Morgan fingerprint density at radius 2 is 2.26 bits per heavy atom. The number of likely N-dealkylation sites (tertiary alicyclic amines) is 1. The van der Waals surface area contributed by atoms with Crippen molar-refractivity contribution in [1.82, 2.24) is 4.90 Å². The van der Waals surface area contributed by atoms with E-state index in [2.05, 4.69) is 5.32 Å². The largest absolute Gasteiger partial charge is 0.322 e. The lowest BCUT2D eigenvalue weighted by molar-refractivity contribution is -0.384. The zero-order valence-corrected chi connectivity index (χ0v) is 11.0. The van der Waals surface area contributed by atoms with Crippen molar-refractivity contribution in [3.05, 3.63) is 33.9 Å². The Bertz CT molecular complexity index is 516. The summed E-state index contributed by atoms with van der Waals surface area (Å²) in [6, 6.07) is 4.55. The van der Waals surface area contributed by atoms with Gasteiger partial charge in [-0.15, -0.1) is 0 Å². The Morgan fingerprint density at radius 3 is 2.79 bits per heavy atom. The molecule has 0 aliphatic carbocycles. The Morgan fingerprint density at radius 1 is 1.53 bits per heavy atom. The Kier molecular flexibility index (Phi) is 3.69. The van der Waals surface area contributed by atoms with Gasteiger partial charge in [-0.1, -0.05) is 0 Å². The zero-order chi connectivity index (χ0) is 14.0. The van der Waals surface area contributed by atoms with Crippen LogP contribution in [0.4, 0.5) is 16.2 Å². The monoisotopic (exact) mass is 263 g/mol. The molecule has 0 saturated carbocycles. The number of carbonyl (C=O) groups excluding carboxylic acids is 1. The van der Waals surface area contributed by atoms with Crippen LogP contribution < -0.4 is 5.32 Å². The first-order valence-corrected chi connectivity index (χ1v) is 6.31. The highest BCUT2D eigenvalue weighted by Crippen LogP contribution is 2.23. The summed E-state index contributed by atoms with van der Waals surface area (Å²) in [5, 5.41) is 13.5. The van der Waals surface area contributed by atoms with Gasteiger partial charge in [-0.25, -0.2) is 4.79 Å². The van der Waals surface area contributed by atoms with Crippen molar-refractivity contribution in [2.75, 3.05) is 11.9 Å². The number of benzene rings is 1. The van der Waals surface area contributed by atoms with Gasteiger partial charge in [0.05, 0.1) is 4.92 Å². The maximum Gasteiger partial charge on any atom is 0.322 e. The van der Waals surface area contributed by atoms with Gasteiger partial charge in [0.2, 0.25) is 0 Å². The van der Waals surface area contributed by atoms with E-state index < -0.39 is 4.92 Å². The fourth-order valence-corrected chi connectivity index (χ4v) is 2.32. The molecule has 1 aromatic carbocycles. The topological polar surface area (TPSA) is 75.5 Å².